The normalized spacial score (nSPS) is 10.7. The van der Waals surface area contributed by atoms with Crippen LogP contribution in [0.15, 0.2) is 48.8 Å². The average molecular weight is 468 g/mol. The molecule has 0 aliphatic carbocycles. The van der Waals surface area contributed by atoms with Gasteiger partial charge in [-0.25, -0.2) is 19.7 Å². The summed E-state index contributed by atoms with van der Waals surface area (Å²) in [4.78, 5) is 24.3. The van der Waals surface area contributed by atoms with Gasteiger partial charge >= 0.3 is 5.97 Å². The van der Waals surface area contributed by atoms with Gasteiger partial charge in [0.05, 0.1) is 16.3 Å². The third-order valence-corrected chi connectivity index (χ3v) is 5.03. The molecular weight excluding hydrogens is 453 g/mol. The number of nitrogens with zero attached hydrogens (tertiary/aromatic N) is 5. The molecule has 4 rings (SSSR count). The number of hydrogen-bond acceptors (Lipinski definition) is 7. The maximum absolute atomic E-state index is 11.4. The lowest BCUT2D eigenvalue weighted by molar-refractivity contribution is 0.0691. The Morgan fingerprint density at radius 1 is 1.12 bits per heavy atom. The van der Waals surface area contributed by atoms with Gasteiger partial charge in [0, 0.05) is 42.1 Å². The van der Waals surface area contributed by atoms with Gasteiger partial charge in [-0.3, -0.25) is 4.40 Å². The quantitative estimate of drug-likeness (QED) is 0.345. The van der Waals surface area contributed by atoms with Crippen molar-refractivity contribution in [1.29, 1.82) is 5.26 Å². The molecule has 160 valence electrons. The van der Waals surface area contributed by atoms with Gasteiger partial charge in [0.25, 0.3) is 0 Å². The Hall–Kier alpha value is -3.87. The molecule has 0 spiro atoms. The van der Waals surface area contributed by atoms with Crippen LogP contribution >= 0.6 is 23.2 Å². The van der Waals surface area contributed by atoms with E-state index in [0.29, 0.717) is 57.4 Å². The van der Waals surface area contributed by atoms with E-state index < -0.39 is 5.97 Å². The average Bonchev–Trinajstić information content (AvgIpc) is 3.22. The predicted molar refractivity (Wildman–Crippen MR) is 121 cm³/mol. The molecule has 0 aliphatic heterocycles. The third kappa shape index (κ3) is 4.56. The summed E-state index contributed by atoms with van der Waals surface area (Å²) in [5.74, 6) is -0.112. The van der Waals surface area contributed by atoms with Gasteiger partial charge in [0.1, 0.15) is 17.5 Å². The number of hydrogen-bond donors (Lipinski definition) is 3. The molecule has 0 fully saturated rings. The number of aromatic carboxylic acids is 1. The molecule has 0 aliphatic rings. The van der Waals surface area contributed by atoms with Crippen LogP contribution in [0.25, 0.3) is 16.9 Å². The molecule has 32 heavy (non-hydrogen) atoms. The van der Waals surface area contributed by atoms with E-state index >= 15 is 0 Å². The van der Waals surface area contributed by atoms with E-state index in [2.05, 4.69) is 25.6 Å². The van der Waals surface area contributed by atoms with Crippen LogP contribution in [0.3, 0.4) is 0 Å². The number of halogens is 2. The molecule has 1 aromatic carbocycles. The maximum Gasteiger partial charge on any atom is 0.356 e. The van der Waals surface area contributed by atoms with Crippen molar-refractivity contribution >= 4 is 46.6 Å². The molecule has 9 nitrogen and oxygen atoms in total. The topological polar surface area (TPSA) is 128 Å². The number of aromatic nitrogens is 4. The molecule has 3 N–H and O–H groups in total. The second-order valence-electron chi connectivity index (χ2n) is 6.65. The highest BCUT2D eigenvalue weighted by Gasteiger charge is 2.15. The molecule has 0 radical (unpaired) electrons. The standard InChI is InChI=1S/C21H15Cl2N7O2/c22-13-2-3-14(15(23)7-13)16-8-19-28-17(20(31)32)11-30(19)21(29-16)26-6-5-25-18-4-1-12(9-24)10-27-18/h1-4,7-8,10-11H,5-6H2,(H,25,27)(H,26,29)(H,31,32). The first-order valence-corrected chi connectivity index (χ1v) is 10.1. The lowest BCUT2D eigenvalue weighted by Crippen LogP contribution is -2.17. The minimum Gasteiger partial charge on any atom is -0.476 e. The summed E-state index contributed by atoms with van der Waals surface area (Å²) in [6.07, 6.45) is 2.88. The number of carboxylic acid groups (broad SMARTS) is 1. The second-order valence-corrected chi connectivity index (χ2v) is 7.49. The SMILES string of the molecule is N#Cc1ccc(NCCNc2nc(-c3ccc(Cl)cc3Cl)cc3nc(C(=O)O)cn23)nc1. The van der Waals surface area contributed by atoms with E-state index in [4.69, 9.17) is 28.5 Å². The van der Waals surface area contributed by atoms with Crippen molar-refractivity contribution in [2.75, 3.05) is 23.7 Å². The van der Waals surface area contributed by atoms with Crippen LogP contribution in [0.1, 0.15) is 16.1 Å². The van der Waals surface area contributed by atoms with E-state index in [1.807, 2.05) is 6.07 Å². The van der Waals surface area contributed by atoms with Crippen LogP contribution in [-0.4, -0.2) is 43.5 Å². The smallest absolute Gasteiger partial charge is 0.356 e. The predicted octanol–water partition coefficient (Wildman–Crippen LogP) is 4.19. The zero-order valence-electron chi connectivity index (χ0n) is 16.4. The molecule has 0 unspecified atom stereocenters. The lowest BCUT2D eigenvalue weighted by Gasteiger charge is -2.12. The van der Waals surface area contributed by atoms with Gasteiger partial charge in [-0.15, -0.1) is 0 Å². The fourth-order valence-electron chi connectivity index (χ4n) is 2.98. The molecule has 0 saturated heterocycles. The van der Waals surface area contributed by atoms with Gasteiger partial charge < -0.3 is 15.7 Å². The molecule has 3 heterocycles. The van der Waals surface area contributed by atoms with Gasteiger partial charge in [-0.2, -0.15) is 5.26 Å². The third-order valence-electron chi connectivity index (χ3n) is 4.49. The molecule has 0 saturated carbocycles. The van der Waals surface area contributed by atoms with Gasteiger partial charge in [0.15, 0.2) is 5.69 Å². The molecule has 11 heteroatoms. The molecule has 0 amide bonds. The Morgan fingerprint density at radius 2 is 1.94 bits per heavy atom. The highest BCUT2D eigenvalue weighted by molar-refractivity contribution is 6.36. The summed E-state index contributed by atoms with van der Waals surface area (Å²) in [5, 5.41) is 25.4. The van der Waals surface area contributed by atoms with Crippen molar-refractivity contribution in [2.24, 2.45) is 0 Å². The van der Waals surface area contributed by atoms with Crippen molar-refractivity contribution in [3.8, 4) is 17.3 Å². The zero-order chi connectivity index (χ0) is 22.7. The number of anilines is 2. The Balaban J connectivity index is 1.59. The first-order valence-electron chi connectivity index (χ1n) is 9.37. The van der Waals surface area contributed by atoms with E-state index in [1.165, 1.54) is 12.4 Å². The number of nitrogens with one attached hydrogen (secondary N) is 2. The van der Waals surface area contributed by atoms with Crippen LogP contribution in [0.4, 0.5) is 11.8 Å². The number of imidazole rings is 1. The van der Waals surface area contributed by atoms with Crippen molar-refractivity contribution in [2.45, 2.75) is 0 Å². The van der Waals surface area contributed by atoms with Crippen LogP contribution in [-0.2, 0) is 0 Å². The minimum absolute atomic E-state index is 0.103. The number of rotatable bonds is 7. The fraction of sp³-hybridized carbons (Fsp3) is 0.0952. The Bertz CT molecular complexity index is 1350. The Labute approximate surface area is 192 Å². The molecule has 0 bridgehead atoms. The van der Waals surface area contributed by atoms with Crippen molar-refractivity contribution in [1.82, 2.24) is 19.4 Å². The summed E-state index contributed by atoms with van der Waals surface area (Å²) in [5.41, 5.74) is 1.94. The van der Waals surface area contributed by atoms with E-state index in [1.54, 1.807) is 40.8 Å². The van der Waals surface area contributed by atoms with Crippen molar-refractivity contribution in [3.05, 3.63) is 70.1 Å². The lowest BCUT2D eigenvalue weighted by atomic mass is 10.1. The maximum atomic E-state index is 11.4. The summed E-state index contributed by atoms with van der Waals surface area (Å²) < 4.78 is 1.57. The molecule has 4 aromatic rings. The zero-order valence-corrected chi connectivity index (χ0v) is 17.9. The first kappa shape index (κ1) is 21.4. The second kappa shape index (κ2) is 9.09. The van der Waals surface area contributed by atoms with Gasteiger partial charge in [-0.05, 0) is 30.3 Å². The summed E-state index contributed by atoms with van der Waals surface area (Å²) in [6.45, 7) is 0.941. The number of fused-ring (bicyclic) bond motifs is 1. The van der Waals surface area contributed by atoms with Crippen LogP contribution in [0, 0.1) is 11.3 Å². The van der Waals surface area contributed by atoms with Crippen LogP contribution < -0.4 is 10.6 Å². The largest absolute Gasteiger partial charge is 0.476 e. The molecule has 0 atom stereocenters. The summed E-state index contributed by atoms with van der Waals surface area (Å²) in [7, 11) is 0. The number of pyridine rings is 1. The van der Waals surface area contributed by atoms with Crippen molar-refractivity contribution in [3.63, 3.8) is 0 Å². The van der Waals surface area contributed by atoms with E-state index in [0.717, 1.165) is 0 Å². The summed E-state index contributed by atoms with van der Waals surface area (Å²) in [6, 6.07) is 12.1. The van der Waals surface area contributed by atoms with Crippen LogP contribution in [0.2, 0.25) is 10.0 Å². The highest BCUT2D eigenvalue weighted by Crippen LogP contribution is 2.30. The first-order chi connectivity index (χ1) is 15.4. The van der Waals surface area contributed by atoms with Gasteiger partial charge in [0.2, 0.25) is 5.95 Å². The van der Waals surface area contributed by atoms with Gasteiger partial charge in [-0.1, -0.05) is 23.2 Å². The van der Waals surface area contributed by atoms with Crippen LogP contribution in [0.5, 0.6) is 0 Å². The number of carboxylic acids is 1. The minimum atomic E-state index is -1.14. The molecular formula is C21H15Cl2N7O2. The van der Waals surface area contributed by atoms with Crippen molar-refractivity contribution < 1.29 is 9.90 Å². The number of benzene rings is 1. The van der Waals surface area contributed by atoms with E-state index in [-0.39, 0.29) is 5.69 Å². The fourth-order valence-corrected chi connectivity index (χ4v) is 3.49. The number of carbonyl (C=O) groups is 1. The molecule has 3 aromatic heterocycles. The van der Waals surface area contributed by atoms with E-state index in [9.17, 15) is 9.90 Å². The Morgan fingerprint density at radius 3 is 2.62 bits per heavy atom. The number of nitriles is 1. The highest BCUT2D eigenvalue weighted by atomic mass is 35.5. The summed E-state index contributed by atoms with van der Waals surface area (Å²) >= 11 is 12.3. The monoisotopic (exact) mass is 467 g/mol. The Kier molecular flexibility index (Phi) is 6.07.